The summed E-state index contributed by atoms with van der Waals surface area (Å²) < 4.78 is 77.5. The average Bonchev–Trinajstić information content (AvgIpc) is 3.14. The Morgan fingerprint density at radius 1 is 1.29 bits per heavy atom. The summed E-state index contributed by atoms with van der Waals surface area (Å²) in [6, 6.07) is 7.81. The van der Waals surface area contributed by atoms with E-state index in [0.29, 0.717) is 0 Å². The molecule has 1 aliphatic rings. The smallest absolute Gasteiger partial charge is 0.459 e. The molecule has 6 atom stereocenters. The van der Waals surface area contributed by atoms with Gasteiger partial charge in [0.25, 0.3) is 0 Å². The number of benzene rings is 1. The largest absolute Gasteiger partial charge is 0.462 e. The second kappa shape index (κ2) is 12.1. The van der Waals surface area contributed by atoms with Gasteiger partial charge in [0.2, 0.25) is 4.77 Å². The molecule has 0 aliphatic carbocycles. The Balaban J connectivity index is 1.84. The first-order chi connectivity index (χ1) is 17.7. The molecule has 1 saturated heterocycles. The standard InChI is InChI=1S/C22H28F3N4O7PS/c1-12(2)34-20(31)13(3)28-37(32,36-14-7-5-4-6-8-14)33-11-15-18(30)17(22(23,24)25)19(35-15)29-10-9-16(26)27-21(29)38/h4-10,12-13,15,17-19,30H,11H2,1-3H3,(H,28,32)(H2,26,27,38)/t13-,15+,17?,18-,19+,37?/m0/s1. The van der Waals surface area contributed by atoms with Crippen LogP contribution in [0.1, 0.15) is 27.0 Å². The lowest BCUT2D eigenvalue weighted by atomic mass is 9.99. The van der Waals surface area contributed by atoms with Crippen LogP contribution in [0, 0.1) is 10.7 Å². The van der Waals surface area contributed by atoms with Crippen LogP contribution in [0.4, 0.5) is 19.0 Å². The number of esters is 1. The maximum atomic E-state index is 13.9. The molecule has 1 aromatic carbocycles. The van der Waals surface area contributed by atoms with Gasteiger partial charge in [0.15, 0.2) is 6.23 Å². The summed E-state index contributed by atoms with van der Waals surface area (Å²) in [5, 5.41) is 13.0. The van der Waals surface area contributed by atoms with Crippen molar-refractivity contribution in [2.24, 2.45) is 5.92 Å². The number of alkyl halides is 3. The first kappa shape index (κ1) is 30.0. The molecule has 1 fully saturated rings. The highest BCUT2D eigenvalue weighted by Gasteiger charge is 2.58. The van der Waals surface area contributed by atoms with Crippen molar-refractivity contribution < 1.29 is 46.2 Å². The average molecular weight is 581 g/mol. The predicted molar refractivity (Wildman–Crippen MR) is 131 cm³/mol. The van der Waals surface area contributed by atoms with Crippen LogP contribution in [0.3, 0.4) is 0 Å². The molecule has 38 heavy (non-hydrogen) atoms. The highest BCUT2D eigenvalue weighted by Crippen LogP contribution is 2.49. The Labute approximate surface area is 221 Å². The monoisotopic (exact) mass is 580 g/mol. The minimum absolute atomic E-state index is 0.0107. The van der Waals surface area contributed by atoms with Gasteiger partial charge in [0.1, 0.15) is 29.6 Å². The van der Waals surface area contributed by atoms with E-state index in [9.17, 15) is 27.6 Å². The van der Waals surface area contributed by atoms with Crippen molar-refractivity contribution in [2.75, 3.05) is 12.3 Å². The third-order valence-electron chi connectivity index (χ3n) is 5.31. The topological polar surface area (TPSA) is 147 Å². The van der Waals surface area contributed by atoms with E-state index in [1.54, 1.807) is 32.0 Å². The lowest BCUT2D eigenvalue weighted by molar-refractivity contribution is -0.211. The number of aliphatic hydroxyl groups excluding tert-OH is 1. The molecule has 0 saturated carbocycles. The van der Waals surface area contributed by atoms with E-state index in [1.165, 1.54) is 25.1 Å². The van der Waals surface area contributed by atoms with Crippen LogP contribution in [0.5, 0.6) is 5.75 Å². The fraction of sp³-hybridized carbons (Fsp3) is 0.500. The minimum Gasteiger partial charge on any atom is -0.462 e. The number of carbonyl (C=O) groups excluding carboxylic acids is 1. The molecule has 11 nitrogen and oxygen atoms in total. The maximum Gasteiger partial charge on any atom is 0.459 e. The van der Waals surface area contributed by atoms with E-state index >= 15 is 0 Å². The number of para-hydroxylation sites is 1. The van der Waals surface area contributed by atoms with E-state index in [4.69, 9.17) is 36.5 Å². The van der Waals surface area contributed by atoms with Gasteiger partial charge < -0.3 is 24.8 Å². The molecule has 3 rings (SSSR count). The second-order valence-electron chi connectivity index (χ2n) is 8.70. The maximum absolute atomic E-state index is 13.9. The van der Waals surface area contributed by atoms with Gasteiger partial charge in [0, 0.05) is 6.20 Å². The van der Waals surface area contributed by atoms with Gasteiger partial charge >= 0.3 is 19.9 Å². The molecule has 16 heteroatoms. The van der Waals surface area contributed by atoms with Gasteiger partial charge in [0.05, 0.1) is 18.8 Å². The second-order valence-corrected chi connectivity index (χ2v) is 10.8. The number of nitrogens with one attached hydrogen (secondary N) is 1. The molecule has 2 heterocycles. The third kappa shape index (κ3) is 7.52. The molecule has 210 valence electrons. The van der Waals surface area contributed by atoms with Crippen molar-refractivity contribution in [3.63, 3.8) is 0 Å². The fourth-order valence-electron chi connectivity index (χ4n) is 3.60. The predicted octanol–water partition coefficient (Wildman–Crippen LogP) is 3.76. The lowest BCUT2D eigenvalue weighted by Gasteiger charge is -2.25. The summed E-state index contributed by atoms with van der Waals surface area (Å²) in [7, 11) is -4.42. The van der Waals surface area contributed by atoms with E-state index in [0.717, 1.165) is 10.8 Å². The Kier molecular flexibility index (Phi) is 9.55. The number of nitrogens with two attached hydrogens (primary N) is 1. The number of nitrogen functional groups attached to an aromatic ring is 1. The number of aliphatic hydroxyl groups is 1. The number of ether oxygens (including phenoxy) is 2. The van der Waals surface area contributed by atoms with Crippen molar-refractivity contribution >= 4 is 31.8 Å². The van der Waals surface area contributed by atoms with Gasteiger partial charge in [-0.1, -0.05) is 18.2 Å². The zero-order chi connectivity index (χ0) is 28.3. The van der Waals surface area contributed by atoms with Crippen molar-refractivity contribution in [1.29, 1.82) is 0 Å². The Morgan fingerprint density at radius 3 is 2.53 bits per heavy atom. The summed E-state index contributed by atoms with van der Waals surface area (Å²) in [6.07, 6.45) is -9.76. The molecular formula is C22H28F3N4O7PS. The fourth-order valence-corrected chi connectivity index (χ4v) is 5.37. The first-order valence-electron chi connectivity index (χ1n) is 11.4. The molecule has 4 N–H and O–H groups in total. The van der Waals surface area contributed by atoms with Crippen molar-refractivity contribution in [3.8, 4) is 5.75 Å². The summed E-state index contributed by atoms with van der Waals surface area (Å²) in [4.78, 5) is 16.0. The van der Waals surface area contributed by atoms with Crippen LogP contribution in [0.25, 0.3) is 0 Å². The number of nitrogens with zero attached hydrogens (tertiary/aromatic N) is 2. The van der Waals surface area contributed by atoms with Gasteiger partial charge in [-0.3, -0.25) is 13.9 Å². The van der Waals surface area contributed by atoms with Crippen molar-refractivity contribution in [3.05, 3.63) is 47.4 Å². The minimum atomic E-state index is -4.91. The first-order valence-corrected chi connectivity index (χ1v) is 13.4. The highest BCUT2D eigenvalue weighted by molar-refractivity contribution is 7.71. The molecule has 2 unspecified atom stereocenters. The van der Waals surface area contributed by atoms with E-state index in [-0.39, 0.29) is 16.3 Å². The number of carbonyl (C=O) groups is 1. The SMILES string of the molecule is CC(C)OC(=O)[C@H](C)NP(=O)(OC[C@H]1O[C@@H](n2ccc(N)nc2=S)C(C(F)(F)F)[C@H]1O)Oc1ccccc1. The van der Waals surface area contributed by atoms with Crippen LogP contribution in [-0.2, 0) is 23.4 Å². The highest BCUT2D eigenvalue weighted by atomic mass is 32.1. The van der Waals surface area contributed by atoms with E-state index in [2.05, 4.69) is 10.1 Å². The number of hydrogen-bond donors (Lipinski definition) is 3. The van der Waals surface area contributed by atoms with Gasteiger partial charge in [-0.2, -0.15) is 18.3 Å². The number of rotatable bonds is 10. The number of hydrogen-bond acceptors (Lipinski definition) is 10. The summed E-state index contributed by atoms with van der Waals surface area (Å²) in [5.41, 5.74) is 5.54. The third-order valence-corrected chi connectivity index (χ3v) is 7.25. The van der Waals surface area contributed by atoms with Crippen LogP contribution in [0.2, 0.25) is 0 Å². The molecule has 2 aromatic rings. The molecular weight excluding hydrogens is 552 g/mol. The van der Waals surface area contributed by atoms with E-state index in [1.807, 2.05) is 0 Å². The summed E-state index contributed by atoms with van der Waals surface area (Å²) in [6.45, 7) is 3.79. The zero-order valence-electron chi connectivity index (χ0n) is 20.6. The summed E-state index contributed by atoms with van der Waals surface area (Å²) >= 11 is 5.02. The Hall–Kier alpha value is -2.55. The number of aromatic nitrogens is 2. The Bertz CT molecular complexity index is 1220. The van der Waals surface area contributed by atoms with Crippen LogP contribution in [0.15, 0.2) is 42.6 Å². The molecule has 0 amide bonds. The molecule has 1 aromatic heterocycles. The van der Waals surface area contributed by atoms with Crippen molar-refractivity contribution in [1.82, 2.24) is 14.6 Å². The Morgan fingerprint density at radius 2 is 1.95 bits per heavy atom. The quantitative estimate of drug-likeness (QED) is 0.214. The normalized spacial score (nSPS) is 24.1. The summed E-state index contributed by atoms with van der Waals surface area (Å²) in [5.74, 6) is -3.11. The van der Waals surface area contributed by atoms with Gasteiger partial charge in [-0.15, -0.1) is 0 Å². The zero-order valence-corrected chi connectivity index (χ0v) is 22.3. The van der Waals surface area contributed by atoms with Crippen molar-refractivity contribution in [2.45, 2.75) is 57.5 Å². The van der Waals surface area contributed by atoms with Gasteiger partial charge in [-0.25, -0.2) is 9.55 Å². The van der Waals surface area contributed by atoms with E-state index < -0.39 is 63.0 Å². The lowest BCUT2D eigenvalue weighted by Crippen LogP contribution is -2.40. The van der Waals surface area contributed by atoms with Crippen LogP contribution >= 0.6 is 20.0 Å². The molecule has 0 radical (unpaired) electrons. The molecule has 0 bridgehead atoms. The molecule has 1 aliphatic heterocycles. The van der Waals surface area contributed by atoms with Gasteiger partial charge in [-0.05, 0) is 51.2 Å². The van der Waals surface area contributed by atoms with Crippen LogP contribution < -0.4 is 15.3 Å². The number of halogens is 3. The number of anilines is 1. The molecule has 0 spiro atoms. The van der Waals surface area contributed by atoms with Crippen LogP contribution in [-0.4, -0.2) is 57.8 Å².